The van der Waals surface area contributed by atoms with E-state index in [1.54, 1.807) is 0 Å². The van der Waals surface area contributed by atoms with Crippen LogP contribution in [0.15, 0.2) is 79.0 Å². The topological polar surface area (TPSA) is 42.3 Å². The number of rotatable bonds is 10. The Morgan fingerprint density at radius 1 is 0.862 bits per heavy atom. The van der Waals surface area contributed by atoms with Crippen molar-refractivity contribution in [1.29, 1.82) is 0 Å². The van der Waals surface area contributed by atoms with Crippen LogP contribution >= 0.6 is 0 Å². The number of hydrogen-bond donors (Lipinski definition) is 0. The van der Waals surface area contributed by atoms with Crippen LogP contribution in [0.4, 0.5) is 0 Å². The molecular formula is C25H28N2O2. The fourth-order valence-corrected chi connectivity index (χ4v) is 3.57. The number of benzene rings is 2. The van der Waals surface area contributed by atoms with Gasteiger partial charge in [0.1, 0.15) is 0 Å². The van der Waals surface area contributed by atoms with E-state index in [0.717, 1.165) is 18.7 Å². The van der Waals surface area contributed by atoms with Gasteiger partial charge in [0.2, 0.25) is 5.78 Å². The van der Waals surface area contributed by atoms with Crippen molar-refractivity contribution in [3.63, 3.8) is 0 Å². The van der Waals surface area contributed by atoms with Crippen LogP contribution in [0.3, 0.4) is 0 Å². The van der Waals surface area contributed by atoms with E-state index in [1.165, 1.54) is 0 Å². The Morgan fingerprint density at radius 2 is 1.48 bits per heavy atom. The summed E-state index contributed by atoms with van der Waals surface area (Å²) in [7, 11) is 0. The average Bonchev–Trinajstić information content (AvgIpc) is 3.24. The smallest absolute Gasteiger partial charge is 0.209 e. The normalized spacial score (nSPS) is 12.1. The lowest BCUT2D eigenvalue weighted by Gasteiger charge is -2.23. The maximum Gasteiger partial charge on any atom is 0.209 e. The molecule has 0 bridgehead atoms. The second kappa shape index (κ2) is 9.99. The molecule has 0 N–H and O–H groups in total. The predicted octanol–water partition coefficient (Wildman–Crippen LogP) is 4.41. The van der Waals surface area contributed by atoms with Gasteiger partial charge in [-0.2, -0.15) is 0 Å². The molecule has 1 heterocycles. The lowest BCUT2D eigenvalue weighted by atomic mass is 9.93. The van der Waals surface area contributed by atoms with Gasteiger partial charge in [-0.3, -0.25) is 14.5 Å². The summed E-state index contributed by atoms with van der Waals surface area (Å²) in [6.07, 6.45) is 1.89. The van der Waals surface area contributed by atoms with Crippen molar-refractivity contribution in [2.45, 2.75) is 26.3 Å². The zero-order valence-electron chi connectivity index (χ0n) is 17.1. The molecule has 4 nitrogen and oxygen atoms in total. The Kier molecular flexibility index (Phi) is 7.14. The molecule has 1 aromatic heterocycles. The first-order valence-electron chi connectivity index (χ1n) is 10.2. The highest BCUT2D eigenvalue weighted by molar-refractivity contribution is 6.08. The molecule has 0 fully saturated rings. The largest absolute Gasteiger partial charge is 0.344 e. The molecule has 0 saturated heterocycles. The Labute approximate surface area is 172 Å². The molecule has 1 atom stereocenters. The maximum absolute atomic E-state index is 13.2. The molecule has 0 saturated carbocycles. The Hall–Kier alpha value is -2.98. The molecule has 0 radical (unpaired) electrons. The molecule has 4 heteroatoms. The van der Waals surface area contributed by atoms with Crippen molar-refractivity contribution in [1.82, 2.24) is 9.47 Å². The summed E-state index contributed by atoms with van der Waals surface area (Å²) in [5.41, 5.74) is 2.24. The first-order chi connectivity index (χ1) is 14.1. The zero-order chi connectivity index (χ0) is 20.6. The van der Waals surface area contributed by atoms with E-state index >= 15 is 0 Å². The monoisotopic (exact) mass is 388 g/mol. The highest BCUT2D eigenvalue weighted by Gasteiger charge is 2.24. The lowest BCUT2D eigenvalue weighted by Crippen LogP contribution is -2.34. The van der Waals surface area contributed by atoms with Crippen molar-refractivity contribution in [3.05, 3.63) is 95.8 Å². The molecule has 0 aliphatic rings. The fourth-order valence-electron chi connectivity index (χ4n) is 3.57. The third-order valence-electron chi connectivity index (χ3n) is 5.34. The number of Topliss-reactive ketones (excluding diaryl/α,β-unsaturated/α-hetero) is 1. The fraction of sp³-hybridized carbons (Fsp3) is 0.280. The van der Waals surface area contributed by atoms with Crippen molar-refractivity contribution >= 4 is 11.6 Å². The van der Waals surface area contributed by atoms with Crippen molar-refractivity contribution in [2.75, 3.05) is 19.6 Å². The van der Waals surface area contributed by atoms with Gasteiger partial charge in [0, 0.05) is 18.3 Å². The van der Waals surface area contributed by atoms with Gasteiger partial charge in [0.25, 0.3) is 0 Å². The van der Waals surface area contributed by atoms with Crippen molar-refractivity contribution in [2.24, 2.45) is 0 Å². The van der Waals surface area contributed by atoms with Gasteiger partial charge in [-0.05, 0) is 30.8 Å². The molecule has 29 heavy (non-hydrogen) atoms. The van der Waals surface area contributed by atoms with E-state index in [9.17, 15) is 9.59 Å². The minimum absolute atomic E-state index is 0.0291. The van der Waals surface area contributed by atoms with E-state index in [0.29, 0.717) is 24.3 Å². The van der Waals surface area contributed by atoms with Crippen LogP contribution in [-0.2, 0) is 11.3 Å². The van der Waals surface area contributed by atoms with E-state index < -0.39 is 0 Å². The Balaban J connectivity index is 1.88. The number of carbonyl (C=O) groups is 2. The van der Waals surface area contributed by atoms with E-state index in [1.807, 2.05) is 83.6 Å². The first kappa shape index (κ1) is 20.7. The van der Waals surface area contributed by atoms with Crippen LogP contribution in [0.1, 0.15) is 41.4 Å². The molecule has 3 aromatic rings. The third kappa shape index (κ3) is 5.09. The number of aromatic nitrogens is 1. The Bertz CT molecular complexity index is 928. The summed E-state index contributed by atoms with van der Waals surface area (Å²) in [6.45, 7) is 6.67. The predicted molar refractivity (Wildman–Crippen MR) is 116 cm³/mol. The van der Waals surface area contributed by atoms with Gasteiger partial charge >= 0.3 is 0 Å². The van der Waals surface area contributed by atoms with E-state index in [2.05, 4.69) is 18.7 Å². The third-order valence-corrected chi connectivity index (χ3v) is 5.34. The van der Waals surface area contributed by atoms with Crippen molar-refractivity contribution in [3.8, 4) is 0 Å². The molecule has 0 amide bonds. The summed E-state index contributed by atoms with van der Waals surface area (Å²) in [6, 6.07) is 22.8. The second-order valence-corrected chi connectivity index (χ2v) is 7.13. The lowest BCUT2D eigenvalue weighted by molar-refractivity contribution is -0.121. The zero-order valence-corrected chi connectivity index (χ0v) is 17.1. The molecule has 3 rings (SSSR count). The molecule has 0 aliphatic carbocycles. The van der Waals surface area contributed by atoms with E-state index in [4.69, 9.17) is 0 Å². The first-order valence-corrected chi connectivity index (χ1v) is 10.2. The van der Waals surface area contributed by atoms with Crippen LogP contribution in [0.25, 0.3) is 0 Å². The molecular weight excluding hydrogens is 360 g/mol. The second-order valence-electron chi connectivity index (χ2n) is 7.13. The minimum Gasteiger partial charge on any atom is -0.344 e. The summed E-state index contributed by atoms with van der Waals surface area (Å²) >= 11 is 0. The van der Waals surface area contributed by atoms with E-state index in [-0.39, 0.29) is 17.5 Å². The van der Waals surface area contributed by atoms with Gasteiger partial charge in [-0.1, -0.05) is 74.5 Å². The van der Waals surface area contributed by atoms with Crippen LogP contribution in [0, 0.1) is 0 Å². The number of carbonyl (C=O) groups excluding carboxylic acids is 2. The molecule has 2 aromatic carbocycles. The van der Waals surface area contributed by atoms with Crippen LogP contribution < -0.4 is 0 Å². The number of likely N-dealkylation sites (N-methyl/N-ethyl adjacent to an activating group) is 1. The molecule has 0 aliphatic heterocycles. The van der Waals surface area contributed by atoms with Gasteiger partial charge in [0.15, 0.2) is 5.78 Å². The number of ketones is 2. The van der Waals surface area contributed by atoms with Crippen LogP contribution in [0.2, 0.25) is 0 Å². The van der Waals surface area contributed by atoms with Crippen LogP contribution in [0.5, 0.6) is 0 Å². The molecule has 0 spiro atoms. The number of hydrogen-bond acceptors (Lipinski definition) is 3. The highest BCUT2D eigenvalue weighted by Crippen LogP contribution is 2.22. The van der Waals surface area contributed by atoms with Gasteiger partial charge in [-0.15, -0.1) is 0 Å². The molecule has 150 valence electrons. The Morgan fingerprint density at radius 3 is 2.10 bits per heavy atom. The average molecular weight is 389 g/mol. The molecule has 1 unspecified atom stereocenters. The van der Waals surface area contributed by atoms with Crippen molar-refractivity contribution < 1.29 is 9.59 Å². The summed E-state index contributed by atoms with van der Waals surface area (Å²) in [4.78, 5) is 28.3. The van der Waals surface area contributed by atoms with Gasteiger partial charge in [-0.25, -0.2) is 0 Å². The van der Waals surface area contributed by atoms with Crippen LogP contribution in [-0.4, -0.2) is 40.7 Å². The standard InChI is InChI=1S/C25H28N2O2/c1-3-26(4-2)19-24(28)22(20-12-7-5-8-13-20)18-27-17-11-16-23(27)25(29)21-14-9-6-10-15-21/h5-17,22H,3-4,18-19H2,1-2H3. The highest BCUT2D eigenvalue weighted by atomic mass is 16.1. The quantitative estimate of drug-likeness (QED) is 0.483. The summed E-state index contributed by atoms with van der Waals surface area (Å²) in [5, 5.41) is 0. The minimum atomic E-state index is -0.300. The van der Waals surface area contributed by atoms with Gasteiger partial charge < -0.3 is 4.57 Å². The SMILES string of the molecule is CCN(CC)CC(=O)C(Cn1cccc1C(=O)c1ccccc1)c1ccccc1. The maximum atomic E-state index is 13.2. The summed E-state index contributed by atoms with van der Waals surface area (Å²) in [5.74, 6) is -0.156. The number of nitrogens with zero attached hydrogens (tertiary/aromatic N) is 2. The summed E-state index contributed by atoms with van der Waals surface area (Å²) < 4.78 is 1.91. The van der Waals surface area contributed by atoms with Gasteiger partial charge in [0.05, 0.1) is 18.2 Å².